The zero-order chi connectivity index (χ0) is 17.7. The number of nitrogens with one attached hydrogen (secondary N) is 1. The molecule has 0 aliphatic carbocycles. The second-order valence-electron chi connectivity index (χ2n) is 4.94. The fraction of sp³-hybridized carbons (Fsp3) is 0.125. The molecule has 0 fully saturated rings. The number of carbonyl (C=O) groups is 1. The van der Waals surface area contributed by atoms with Crippen molar-refractivity contribution in [3.8, 4) is 6.07 Å². The quantitative estimate of drug-likeness (QED) is 0.763. The van der Waals surface area contributed by atoms with E-state index in [-0.39, 0.29) is 4.90 Å². The topological polar surface area (TPSA) is 107 Å². The Bertz CT molecular complexity index is 906. The third-order valence-corrected chi connectivity index (χ3v) is 5.70. The summed E-state index contributed by atoms with van der Waals surface area (Å²) in [7, 11) is -3.95. The van der Waals surface area contributed by atoms with Crippen LogP contribution in [-0.4, -0.2) is 19.5 Å². The van der Waals surface area contributed by atoms with Crippen LogP contribution in [0.3, 0.4) is 0 Å². The van der Waals surface area contributed by atoms with Crippen LogP contribution in [0.1, 0.15) is 23.6 Å². The Kier molecular flexibility index (Phi) is 5.72. The maximum Gasteiger partial charge on any atom is 0.305 e. The number of carboxylic acids is 1. The van der Waals surface area contributed by atoms with Crippen molar-refractivity contribution in [1.29, 1.82) is 5.26 Å². The molecule has 0 saturated carbocycles. The van der Waals surface area contributed by atoms with Gasteiger partial charge in [-0.1, -0.05) is 24.3 Å². The Balaban J connectivity index is 2.41. The molecule has 0 radical (unpaired) electrons. The fourth-order valence-electron chi connectivity index (χ4n) is 2.14. The molecule has 0 bridgehead atoms. The molecule has 0 saturated heterocycles. The van der Waals surface area contributed by atoms with E-state index in [9.17, 15) is 13.2 Å². The van der Waals surface area contributed by atoms with E-state index in [1.165, 1.54) is 12.1 Å². The van der Waals surface area contributed by atoms with E-state index in [0.29, 0.717) is 15.6 Å². The lowest BCUT2D eigenvalue weighted by Gasteiger charge is -2.18. The Morgan fingerprint density at radius 2 is 1.96 bits per heavy atom. The van der Waals surface area contributed by atoms with Crippen LogP contribution in [0.4, 0.5) is 0 Å². The van der Waals surface area contributed by atoms with Crippen LogP contribution >= 0.6 is 15.9 Å². The highest BCUT2D eigenvalue weighted by molar-refractivity contribution is 9.10. The minimum atomic E-state index is -3.95. The van der Waals surface area contributed by atoms with Gasteiger partial charge in [-0.15, -0.1) is 0 Å². The number of nitrogens with zero attached hydrogens (tertiary/aromatic N) is 1. The number of carboxylic acid groups (broad SMARTS) is 1. The average Bonchev–Trinajstić information content (AvgIpc) is 2.54. The molecule has 2 rings (SSSR count). The molecule has 0 aliphatic rings. The Morgan fingerprint density at radius 3 is 2.58 bits per heavy atom. The summed E-state index contributed by atoms with van der Waals surface area (Å²) < 4.78 is 27.9. The maximum atomic E-state index is 12.6. The number of benzene rings is 2. The van der Waals surface area contributed by atoms with Crippen molar-refractivity contribution in [3.05, 3.63) is 64.1 Å². The van der Waals surface area contributed by atoms with Gasteiger partial charge >= 0.3 is 5.97 Å². The molecule has 2 N–H and O–H groups in total. The predicted molar refractivity (Wildman–Crippen MR) is 90.6 cm³/mol. The van der Waals surface area contributed by atoms with Crippen molar-refractivity contribution < 1.29 is 18.3 Å². The minimum Gasteiger partial charge on any atom is -0.481 e. The molecular weight excluding hydrogens is 396 g/mol. The van der Waals surface area contributed by atoms with Crippen LogP contribution < -0.4 is 4.72 Å². The van der Waals surface area contributed by atoms with E-state index >= 15 is 0 Å². The van der Waals surface area contributed by atoms with Crippen LogP contribution in [0, 0.1) is 11.3 Å². The minimum absolute atomic E-state index is 0.0110. The van der Waals surface area contributed by atoms with Crippen molar-refractivity contribution in [2.75, 3.05) is 0 Å². The first-order valence-electron chi connectivity index (χ1n) is 6.82. The number of sulfonamides is 1. The van der Waals surface area contributed by atoms with Crippen LogP contribution in [0.15, 0.2) is 57.9 Å². The van der Waals surface area contributed by atoms with Gasteiger partial charge in [-0.2, -0.15) is 5.26 Å². The lowest BCUT2D eigenvalue weighted by molar-refractivity contribution is -0.137. The first kappa shape index (κ1) is 18.1. The van der Waals surface area contributed by atoms with Crippen molar-refractivity contribution in [2.45, 2.75) is 17.4 Å². The van der Waals surface area contributed by atoms with E-state index < -0.39 is 28.5 Å². The Hall–Kier alpha value is -2.21. The van der Waals surface area contributed by atoms with Crippen LogP contribution in [0.2, 0.25) is 0 Å². The normalized spacial score (nSPS) is 12.3. The van der Waals surface area contributed by atoms with Crippen LogP contribution in [0.25, 0.3) is 0 Å². The molecule has 124 valence electrons. The number of halogens is 1. The van der Waals surface area contributed by atoms with Gasteiger partial charge in [-0.05, 0) is 45.8 Å². The second kappa shape index (κ2) is 7.57. The molecule has 0 aliphatic heterocycles. The van der Waals surface area contributed by atoms with E-state index in [2.05, 4.69) is 20.7 Å². The summed E-state index contributed by atoms with van der Waals surface area (Å²) in [5.74, 6) is -1.16. The number of hydrogen-bond acceptors (Lipinski definition) is 4. The number of rotatable bonds is 6. The molecule has 0 heterocycles. The van der Waals surface area contributed by atoms with Gasteiger partial charge in [0, 0.05) is 4.47 Å². The Labute approximate surface area is 147 Å². The molecule has 1 atom stereocenters. The number of nitriles is 1. The lowest BCUT2D eigenvalue weighted by atomic mass is 10.0. The molecule has 24 heavy (non-hydrogen) atoms. The highest BCUT2D eigenvalue weighted by Gasteiger charge is 2.25. The highest BCUT2D eigenvalue weighted by Crippen LogP contribution is 2.25. The van der Waals surface area contributed by atoms with Crippen molar-refractivity contribution in [3.63, 3.8) is 0 Å². The first-order chi connectivity index (χ1) is 11.3. The molecule has 6 nitrogen and oxygen atoms in total. The summed E-state index contributed by atoms with van der Waals surface area (Å²) in [5, 5.41) is 18.0. The first-order valence-corrected chi connectivity index (χ1v) is 9.10. The molecule has 1 unspecified atom stereocenters. The zero-order valence-corrected chi connectivity index (χ0v) is 14.7. The van der Waals surface area contributed by atoms with Gasteiger partial charge in [0.15, 0.2) is 0 Å². The Morgan fingerprint density at radius 1 is 1.25 bits per heavy atom. The van der Waals surface area contributed by atoms with E-state index in [0.717, 1.165) is 0 Å². The number of aliphatic carboxylic acids is 1. The average molecular weight is 409 g/mol. The van der Waals surface area contributed by atoms with Crippen LogP contribution in [-0.2, 0) is 14.8 Å². The SMILES string of the molecule is N#Cc1cccc(C(CC(=O)O)NS(=O)(=O)c2ccccc2Br)c1. The summed E-state index contributed by atoms with van der Waals surface area (Å²) in [6.45, 7) is 0. The zero-order valence-electron chi connectivity index (χ0n) is 12.3. The molecule has 0 aromatic heterocycles. The van der Waals surface area contributed by atoms with E-state index in [1.54, 1.807) is 36.4 Å². The van der Waals surface area contributed by atoms with Gasteiger partial charge < -0.3 is 5.11 Å². The third kappa shape index (κ3) is 4.41. The molecule has 0 spiro atoms. The van der Waals surface area contributed by atoms with Gasteiger partial charge in [0.1, 0.15) is 0 Å². The summed E-state index contributed by atoms with van der Waals surface area (Å²) >= 11 is 3.17. The van der Waals surface area contributed by atoms with E-state index in [1.807, 2.05) is 6.07 Å². The van der Waals surface area contributed by atoms with Gasteiger partial charge in [0.2, 0.25) is 10.0 Å². The highest BCUT2D eigenvalue weighted by atomic mass is 79.9. The molecule has 2 aromatic rings. The fourth-order valence-corrected chi connectivity index (χ4v) is 4.37. The van der Waals surface area contributed by atoms with E-state index in [4.69, 9.17) is 10.4 Å². The monoisotopic (exact) mass is 408 g/mol. The van der Waals surface area contributed by atoms with Crippen molar-refractivity contribution in [2.24, 2.45) is 0 Å². The lowest BCUT2D eigenvalue weighted by Crippen LogP contribution is -2.30. The van der Waals surface area contributed by atoms with Crippen molar-refractivity contribution >= 4 is 31.9 Å². The van der Waals surface area contributed by atoms with Gasteiger partial charge in [0.05, 0.1) is 29.0 Å². The molecule has 2 aromatic carbocycles. The molecular formula is C16H13BrN2O4S. The third-order valence-electron chi connectivity index (χ3n) is 3.22. The summed E-state index contributed by atoms with van der Waals surface area (Å²) in [6, 6.07) is 13.4. The molecule has 8 heteroatoms. The molecule has 0 amide bonds. The summed E-state index contributed by atoms with van der Waals surface area (Å²) in [5.41, 5.74) is 0.732. The largest absolute Gasteiger partial charge is 0.481 e. The predicted octanol–water partition coefficient (Wildman–Crippen LogP) is 2.82. The standard InChI is InChI=1S/C16H13BrN2O4S/c17-13-6-1-2-7-15(13)24(22,23)19-14(9-16(20)21)12-5-3-4-11(8-12)10-18/h1-8,14,19H,9H2,(H,20,21). The maximum absolute atomic E-state index is 12.6. The van der Waals surface area contributed by atoms with Gasteiger partial charge in [0.25, 0.3) is 0 Å². The second-order valence-corrected chi connectivity index (χ2v) is 7.48. The van der Waals surface area contributed by atoms with Gasteiger partial charge in [-0.3, -0.25) is 4.79 Å². The smallest absolute Gasteiger partial charge is 0.305 e. The summed E-state index contributed by atoms with van der Waals surface area (Å²) in [4.78, 5) is 11.1. The van der Waals surface area contributed by atoms with Crippen LogP contribution in [0.5, 0.6) is 0 Å². The summed E-state index contributed by atoms with van der Waals surface area (Å²) in [6.07, 6.45) is -0.446. The number of hydrogen-bond donors (Lipinski definition) is 2. The van der Waals surface area contributed by atoms with Gasteiger partial charge in [-0.25, -0.2) is 13.1 Å². The van der Waals surface area contributed by atoms with Crippen molar-refractivity contribution in [1.82, 2.24) is 4.72 Å².